The van der Waals surface area contributed by atoms with Crippen molar-refractivity contribution in [1.82, 2.24) is 20.9 Å². The SMILES string of the molecule is CCCNC(=O)CN1CCC(NC(=NC)NCC2CCC(c3ccccc3)CC2)CC1. The molecule has 1 aromatic carbocycles. The Morgan fingerprint density at radius 2 is 1.74 bits per heavy atom. The number of aliphatic imine (C=N–C) groups is 1. The van der Waals surface area contributed by atoms with Gasteiger partial charge in [-0.25, -0.2) is 0 Å². The number of benzene rings is 1. The molecule has 0 bridgehead atoms. The fraction of sp³-hybridized carbons (Fsp3) is 0.680. The van der Waals surface area contributed by atoms with Gasteiger partial charge >= 0.3 is 0 Å². The summed E-state index contributed by atoms with van der Waals surface area (Å²) in [4.78, 5) is 18.6. The molecule has 1 aliphatic heterocycles. The van der Waals surface area contributed by atoms with Crippen LogP contribution in [0.4, 0.5) is 0 Å². The third-order valence-electron chi connectivity index (χ3n) is 6.77. The summed E-state index contributed by atoms with van der Waals surface area (Å²) in [6.45, 7) is 6.28. The van der Waals surface area contributed by atoms with Crippen LogP contribution in [0.1, 0.15) is 63.4 Å². The lowest BCUT2D eigenvalue weighted by molar-refractivity contribution is -0.122. The molecule has 172 valence electrons. The molecule has 2 fully saturated rings. The summed E-state index contributed by atoms with van der Waals surface area (Å²) >= 11 is 0. The molecule has 1 amide bonds. The van der Waals surface area contributed by atoms with Crippen molar-refractivity contribution >= 4 is 11.9 Å². The Bertz CT molecular complexity index is 676. The highest BCUT2D eigenvalue weighted by Gasteiger charge is 2.24. The van der Waals surface area contributed by atoms with Crippen molar-refractivity contribution in [3.05, 3.63) is 35.9 Å². The lowest BCUT2D eigenvalue weighted by Gasteiger charge is -2.33. The smallest absolute Gasteiger partial charge is 0.234 e. The molecule has 6 heteroatoms. The van der Waals surface area contributed by atoms with Crippen LogP contribution >= 0.6 is 0 Å². The molecule has 3 N–H and O–H groups in total. The summed E-state index contributed by atoms with van der Waals surface area (Å²) in [5.41, 5.74) is 1.50. The highest BCUT2D eigenvalue weighted by atomic mass is 16.2. The topological polar surface area (TPSA) is 68.8 Å². The summed E-state index contributed by atoms with van der Waals surface area (Å²) in [5, 5.41) is 10.1. The molecule has 3 rings (SSSR count). The average Bonchev–Trinajstić information content (AvgIpc) is 2.82. The van der Waals surface area contributed by atoms with Gasteiger partial charge in [-0.3, -0.25) is 14.7 Å². The lowest BCUT2D eigenvalue weighted by Crippen LogP contribution is -2.50. The van der Waals surface area contributed by atoms with Crippen LogP contribution in [0.25, 0.3) is 0 Å². The monoisotopic (exact) mass is 427 g/mol. The number of nitrogens with one attached hydrogen (secondary N) is 3. The number of rotatable bonds is 8. The van der Waals surface area contributed by atoms with Crippen molar-refractivity contribution in [2.24, 2.45) is 10.9 Å². The molecule has 1 saturated carbocycles. The van der Waals surface area contributed by atoms with E-state index >= 15 is 0 Å². The molecule has 1 saturated heterocycles. The number of likely N-dealkylation sites (tertiary alicyclic amines) is 1. The fourth-order valence-electron chi connectivity index (χ4n) is 4.81. The van der Waals surface area contributed by atoms with E-state index in [9.17, 15) is 4.79 Å². The molecule has 6 nitrogen and oxygen atoms in total. The third-order valence-corrected chi connectivity index (χ3v) is 6.77. The second-order valence-electron chi connectivity index (χ2n) is 9.13. The molecule has 1 aromatic rings. The van der Waals surface area contributed by atoms with E-state index in [1.165, 1.54) is 31.2 Å². The maximum absolute atomic E-state index is 11.9. The third kappa shape index (κ3) is 7.84. The summed E-state index contributed by atoms with van der Waals surface area (Å²) < 4.78 is 0. The van der Waals surface area contributed by atoms with Gasteiger partial charge in [-0.2, -0.15) is 0 Å². The fourth-order valence-corrected chi connectivity index (χ4v) is 4.81. The highest BCUT2D eigenvalue weighted by molar-refractivity contribution is 5.80. The summed E-state index contributed by atoms with van der Waals surface area (Å²) in [7, 11) is 1.86. The summed E-state index contributed by atoms with van der Waals surface area (Å²) in [6.07, 6.45) is 8.20. The van der Waals surface area contributed by atoms with E-state index in [1.807, 2.05) is 7.05 Å². The minimum atomic E-state index is 0.146. The number of hydrogen-bond donors (Lipinski definition) is 3. The number of carbonyl (C=O) groups excluding carboxylic acids is 1. The van der Waals surface area contributed by atoms with Gasteiger partial charge in [0, 0.05) is 39.3 Å². The van der Waals surface area contributed by atoms with Crippen molar-refractivity contribution in [2.45, 2.75) is 63.8 Å². The van der Waals surface area contributed by atoms with E-state index < -0.39 is 0 Å². The zero-order valence-electron chi connectivity index (χ0n) is 19.4. The molecule has 0 spiro atoms. The van der Waals surface area contributed by atoms with Gasteiger partial charge in [0.2, 0.25) is 5.91 Å². The van der Waals surface area contributed by atoms with Crippen molar-refractivity contribution < 1.29 is 4.79 Å². The Morgan fingerprint density at radius 3 is 2.39 bits per heavy atom. The first-order valence-corrected chi connectivity index (χ1v) is 12.2. The molecule has 31 heavy (non-hydrogen) atoms. The van der Waals surface area contributed by atoms with Crippen LogP contribution in [0, 0.1) is 5.92 Å². The van der Waals surface area contributed by atoms with E-state index in [0.29, 0.717) is 12.6 Å². The predicted octanol–water partition coefficient (Wildman–Crippen LogP) is 3.12. The largest absolute Gasteiger partial charge is 0.356 e. The standard InChI is InChI=1S/C25H41N5O/c1-3-15-27-24(31)19-30-16-13-23(14-17-30)29-25(26-2)28-18-20-9-11-22(12-10-20)21-7-5-4-6-8-21/h4-8,20,22-23H,3,9-19H2,1-2H3,(H,27,31)(H2,26,28,29). The summed E-state index contributed by atoms with van der Waals surface area (Å²) in [5.74, 6) is 2.52. The maximum atomic E-state index is 11.9. The molecule has 0 unspecified atom stereocenters. The minimum absolute atomic E-state index is 0.146. The number of hydrogen-bond acceptors (Lipinski definition) is 3. The van der Waals surface area contributed by atoms with Crippen LogP contribution < -0.4 is 16.0 Å². The zero-order valence-corrected chi connectivity index (χ0v) is 19.4. The van der Waals surface area contributed by atoms with E-state index in [1.54, 1.807) is 0 Å². The first-order valence-electron chi connectivity index (χ1n) is 12.2. The molecule has 0 aromatic heterocycles. The van der Waals surface area contributed by atoms with Gasteiger partial charge in [0.05, 0.1) is 6.54 Å². The number of nitrogens with zero attached hydrogens (tertiary/aromatic N) is 2. The van der Waals surface area contributed by atoms with Crippen LogP contribution in [-0.4, -0.2) is 62.6 Å². The second-order valence-corrected chi connectivity index (χ2v) is 9.13. The predicted molar refractivity (Wildman–Crippen MR) is 128 cm³/mol. The minimum Gasteiger partial charge on any atom is -0.356 e. The quantitative estimate of drug-likeness (QED) is 0.440. The van der Waals surface area contributed by atoms with Gasteiger partial charge in [0.15, 0.2) is 5.96 Å². The van der Waals surface area contributed by atoms with Gasteiger partial charge in [-0.15, -0.1) is 0 Å². The molecular weight excluding hydrogens is 386 g/mol. The molecule has 1 aliphatic carbocycles. The second kappa shape index (κ2) is 12.7. The highest BCUT2D eigenvalue weighted by Crippen LogP contribution is 2.35. The zero-order chi connectivity index (χ0) is 21.9. The molecule has 0 atom stereocenters. The van der Waals surface area contributed by atoms with Crippen molar-refractivity contribution in [3.63, 3.8) is 0 Å². The molecular formula is C25H41N5O. The first kappa shape index (κ1) is 23.6. The first-order chi connectivity index (χ1) is 15.2. The van der Waals surface area contributed by atoms with Crippen molar-refractivity contribution in [3.8, 4) is 0 Å². The van der Waals surface area contributed by atoms with Crippen LogP contribution in [0.2, 0.25) is 0 Å². The molecule has 0 radical (unpaired) electrons. The number of guanidine groups is 1. The van der Waals surface area contributed by atoms with Crippen LogP contribution in [0.5, 0.6) is 0 Å². The molecule has 2 aliphatic rings. The molecule has 1 heterocycles. The van der Waals surface area contributed by atoms with Crippen LogP contribution in [0.15, 0.2) is 35.3 Å². The van der Waals surface area contributed by atoms with E-state index in [4.69, 9.17) is 0 Å². The average molecular weight is 428 g/mol. The van der Waals surface area contributed by atoms with E-state index in [0.717, 1.165) is 63.2 Å². The van der Waals surface area contributed by atoms with Crippen LogP contribution in [-0.2, 0) is 4.79 Å². The van der Waals surface area contributed by atoms with Crippen LogP contribution in [0.3, 0.4) is 0 Å². The normalized spacial score (nSPS) is 23.4. The van der Waals surface area contributed by atoms with Crippen molar-refractivity contribution in [1.29, 1.82) is 0 Å². The Kier molecular flexibility index (Phi) is 9.66. The summed E-state index contributed by atoms with van der Waals surface area (Å²) in [6, 6.07) is 11.4. The number of carbonyl (C=O) groups is 1. The van der Waals surface area contributed by atoms with Gasteiger partial charge < -0.3 is 16.0 Å². The number of piperidine rings is 1. The van der Waals surface area contributed by atoms with Gasteiger partial charge in [-0.05, 0) is 62.3 Å². The Labute approximate surface area is 188 Å². The Balaban J connectivity index is 1.32. The van der Waals surface area contributed by atoms with E-state index in [2.05, 4.69) is 63.1 Å². The maximum Gasteiger partial charge on any atom is 0.234 e. The van der Waals surface area contributed by atoms with E-state index in [-0.39, 0.29) is 5.91 Å². The Morgan fingerprint density at radius 1 is 1.03 bits per heavy atom. The van der Waals surface area contributed by atoms with Gasteiger partial charge in [0.1, 0.15) is 0 Å². The van der Waals surface area contributed by atoms with Gasteiger partial charge in [0.25, 0.3) is 0 Å². The Hall–Kier alpha value is -2.08. The number of amides is 1. The van der Waals surface area contributed by atoms with Gasteiger partial charge in [-0.1, -0.05) is 37.3 Å². The van der Waals surface area contributed by atoms with Crippen molar-refractivity contribution in [2.75, 3.05) is 39.8 Å². The lowest BCUT2D eigenvalue weighted by atomic mass is 9.79.